The van der Waals surface area contributed by atoms with Gasteiger partial charge in [-0.15, -0.1) is 11.8 Å². The Bertz CT molecular complexity index is 1130. The topological polar surface area (TPSA) is 140 Å². The number of carbonyl (C=O) groups is 1. The number of thioether (sulfide) groups is 1. The SMILES string of the molecule is Cc1cc(SCC2CCC2)c(N)c(=O)n1CC(=O)NCc1ccc2nc[nH]c2c1.O=O.[HH].[HH]. The summed E-state index contributed by atoms with van der Waals surface area (Å²) in [6, 6.07) is 7.70. The number of rotatable bonds is 7. The van der Waals surface area contributed by atoms with E-state index in [0.29, 0.717) is 6.54 Å². The molecule has 3 aromatic rings. The molecule has 1 aliphatic rings. The molecule has 1 aromatic carbocycles. The minimum atomic E-state index is -0.296. The molecule has 1 saturated carbocycles. The number of hydrogen-bond acceptors (Lipinski definition) is 7. The molecular weight excluding hydrogens is 418 g/mol. The van der Waals surface area contributed by atoms with Crippen LogP contribution in [-0.4, -0.2) is 26.2 Å². The van der Waals surface area contributed by atoms with E-state index in [1.165, 1.54) is 23.8 Å². The van der Waals surface area contributed by atoms with Crippen molar-refractivity contribution in [1.29, 1.82) is 0 Å². The van der Waals surface area contributed by atoms with Crippen LogP contribution in [0.2, 0.25) is 0 Å². The van der Waals surface area contributed by atoms with Crippen LogP contribution in [0.1, 0.15) is 33.4 Å². The van der Waals surface area contributed by atoms with Crippen molar-refractivity contribution in [2.24, 2.45) is 5.92 Å². The van der Waals surface area contributed by atoms with Crippen molar-refractivity contribution in [3.8, 4) is 0 Å². The van der Waals surface area contributed by atoms with Gasteiger partial charge in [0.15, 0.2) is 0 Å². The fourth-order valence-electron chi connectivity index (χ4n) is 3.43. The summed E-state index contributed by atoms with van der Waals surface area (Å²) in [4.78, 5) is 47.2. The number of fused-ring (bicyclic) bond motifs is 1. The van der Waals surface area contributed by atoms with Gasteiger partial charge in [-0.3, -0.25) is 9.59 Å². The molecule has 1 aliphatic carbocycles. The number of anilines is 1. The van der Waals surface area contributed by atoms with Gasteiger partial charge in [-0.1, -0.05) is 12.5 Å². The van der Waals surface area contributed by atoms with E-state index < -0.39 is 0 Å². The van der Waals surface area contributed by atoms with Crippen molar-refractivity contribution < 1.29 is 7.65 Å². The van der Waals surface area contributed by atoms with E-state index in [0.717, 1.165) is 38.9 Å². The largest absolute Gasteiger partial charge is 0.393 e. The molecule has 4 rings (SSSR count). The Labute approximate surface area is 186 Å². The molecular formula is C21H29N5O4S. The summed E-state index contributed by atoms with van der Waals surface area (Å²) < 4.78 is 1.44. The monoisotopic (exact) mass is 447 g/mol. The van der Waals surface area contributed by atoms with Crippen LogP contribution in [0.15, 0.2) is 40.3 Å². The van der Waals surface area contributed by atoms with E-state index in [-0.39, 0.29) is 26.6 Å². The zero-order valence-electron chi connectivity index (χ0n) is 17.2. The van der Waals surface area contributed by atoms with Crippen LogP contribution < -0.4 is 16.6 Å². The lowest BCUT2D eigenvalue weighted by molar-refractivity contribution is -0.121. The van der Waals surface area contributed by atoms with E-state index in [1.54, 1.807) is 18.1 Å². The third-order valence-electron chi connectivity index (χ3n) is 5.48. The molecule has 0 saturated heterocycles. The third-order valence-corrected chi connectivity index (χ3v) is 6.77. The lowest BCUT2D eigenvalue weighted by Crippen LogP contribution is -2.34. The highest BCUT2D eigenvalue weighted by molar-refractivity contribution is 7.99. The summed E-state index contributed by atoms with van der Waals surface area (Å²) in [6.45, 7) is 2.18. The number of benzene rings is 1. The van der Waals surface area contributed by atoms with Gasteiger partial charge in [0, 0.05) is 35.7 Å². The van der Waals surface area contributed by atoms with Crippen molar-refractivity contribution in [1.82, 2.24) is 19.9 Å². The summed E-state index contributed by atoms with van der Waals surface area (Å²) in [5.74, 6) is 1.50. The van der Waals surface area contributed by atoms with E-state index in [4.69, 9.17) is 15.7 Å². The average Bonchev–Trinajstić information content (AvgIpc) is 3.21. The number of hydrogen-bond donors (Lipinski definition) is 3. The Morgan fingerprint density at radius 2 is 2.13 bits per heavy atom. The van der Waals surface area contributed by atoms with Crippen molar-refractivity contribution in [2.75, 3.05) is 11.5 Å². The molecule has 2 aromatic heterocycles. The number of H-pyrrole nitrogens is 1. The maximum atomic E-state index is 12.7. The first-order valence-electron chi connectivity index (χ1n) is 9.99. The quantitative estimate of drug-likeness (QED) is 0.472. The van der Waals surface area contributed by atoms with Gasteiger partial charge in [-0.2, -0.15) is 0 Å². The van der Waals surface area contributed by atoms with Crippen LogP contribution in [0.3, 0.4) is 0 Å². The summed E-state index contributed by atoms with van der Waals surface area (Å²) in [7, 11) is 0. The molecule has 1 amide bonds. The lowest BCUT2D eigenvalue weighted by Gasteiger charge is -2.25. The fraction of sp³-hybridized carbons (Fsp3) is 0.381. The Morgan fingerprint density at radius 1 is 1.35 bits per heavy atom. The van der Waals surface area contributed by atoms with Crippen LogP contribution in [0, 0.1) is 22.8 Å². The van der Waals surface area contributed by atoms with E-state index >= 15 is 0 Å². The van der Waals surface area contributed by atoms with Gasteiger partial charge >= 0.3 is 0 Å². The summed E-state index contributed by atoms with van der Waals surface area (Å²) in [5, 5.41) is 2.87. The molecule has 4 N–H and O–H groups in total. The standard InChI is InChI=1S/C21H25N5O2S.O2.2H2/c1-13-7-18(29-11-14-3-2-4-14)20(22)21(28)26(13)10-19(27)23-9-15-5-6-16-17(8-15)25-12-24-16;1-2;;/h5-8,12,14H,2-4,9-11,22H2,1H3,(H,23,27)(H,24,25);;2*1H. The van der Waals surface area contributed by atoms with E-state index in [2.05, 4.69) is 15.3 Å². The average molecular weight is 448 g/mol. The van der Waals surface area contributed by atoms with Gasteiger partial charge in [-0.05, 0) is 49.4 Å². The number of nitrogen functional groups attached to an aromatic ring is 1. The Hall–Kier alpha value is -3.14. The third kappa shape index (κ3) is 5.32. The maximum absolute atomic E-state index is 12.7. The second kappa shape index (κ2) is 10.3. The molecule has 9 nitrogen and oxygen atoms in total. The highest BCUT2D eigenvalue weighted by Crippen LogP contribution is 2.34. The fourth-order valence-corrected chi connectivity index (χ4v) is 4.68. The number of aryl methyl sites for hydroxylation is 1. The van der Waals surface area contributed by atoms with Gasteiger partial charge in [0.2, 0.25) is 5.91 Å². The van der Waals surface area contributed by atoms with Crippen LogP contribution >= 0.6 is 11.8 Å². The zero-order valence-corrected chi connectivity index (χ0v) is 18.0. The van der Waals surface area contributed by atoms with Gasteiger partial charge in [0.25, 0.3) is 5.56 Å². The van der Waals surface area contributed by atoms with Crippen molar-refractivity contribution in [3.63, 3.8) is 0 Å². The number of carbonyl (C=O) groups excluding carboxylic acids is 1. The molecule has 168 valence electrons. The van der Waals surface area contributed by atoms with Gasteiger partial charge < -0.3 is 20.6 Å². The number of amides is 1. The Kier molecular flexibility index (Phi) is 7.45. The van der Waals surface area contributed by atoms with Crippen LogP contribution in [0.25, 0.3) is 11.0 Å². The second-order valence-corrected chi connectivity index (χ2v) is 8.66. The van der Waals surface area contributed by atoms with Crippen molar-refractivity contribution >= 4 is 34.4 Å². The van der Waals surface area contributed by atoms with Gasteiger partial charge in [0.1, 0.15) is 12.2 Å². The highest BCUT2D eigenvalue weighted by atomic mass is 32.2. The van der Waals surface area contributed by atoms with E-state index in [9.17, 15) is 9.59 Å². The van der Waals surface area contributed by atoms with E-state index in [1.807, 2.05) is 31.2 Å². The van der Waals surface area contributed by atoms with Crippen molar-refractivity contribution in [2.45, 2.75) is 44.2 Å². The molecule has 0 unspecified atom stereocenters. The predicted molar refractivity (Wildman–Crippen MR) is 127 cm³/mol. The number of nitrogens with zero attached hydrogens (tertiary/aromatic N) is 2. The van der Waals surface area contributed by atoms with Crippen LogP contribution in [0.5, 0.6) is 0 Å². The molecule has 10 heteroatoms. The summed E-state index contributed by atoms with van der Waals surface area (Å²) in [5.41, 5.74) is 9.53. The lowest BCUT2D eigenvalue weighted by atomic mass is 9.87. The first-order valence-corrected chi connectivity index (χ1v) is 11.0. The zero-order chi connectivity index (χ0) is 22.4. The number of nitrogens with two attached hydrogens (primary N) is 1. The minimum Gasteiger partial charge on any atom is -0.393 e. The molecule has 0 bridgehead atoms. The number of pyridine rings is 1. The second-order valence-electron chi connectivity index (χ2n) is 7.59. The van der Waals surface area contributed by atoms with Crippen LogP contribution in [0.4, 0.5) is 5.69 Å². The first-order chi connectivity index (χ1) is 15.0. The van der Waals surface area contributed by atoms with Gasteiger partial charge in [-0.25, -0.2) is 4.98 Å². The number of aromatic nitrogens is 3. The van der Waals surface area contributed by atoms with Crippen molar-refractivity contribution in [3.05, 3.63) is 62.1 Å². The van der Waals surface area contributed by atoms with Crippen LogP contribution in [-0.2, 0) is 17.9 Å². The first kappa shape index (κ1) is 22.5. The Morgan fingerprint density at radius 3 is 2.84 bits per heavy atom. The molecule has 0 radical (unpaired) electrons. The highest BCUT2D eigenvalue weighted by Gasteiger charge is 2.19. The molecule has 2 heterocycles. The predicted octanol–water partition coefficient (Wildman–Crippen LogP) is 3.38. The maximum Gasteiger partial charge on any atom is 0.275 e. The number of nitrogens with one attached hydrogen (secondary N) is 2. The summed E-state index contributed by atoms with van der Waals surface area (Å²) >= 11 is 1.65. The molecule has 1 fully saturated rings. The Balaban J connectivity index is 0.00000133. The summed E-state index contributed by atoms with van der Waals surface area (Å²) in [6.07, 6.45) is 5.46. The molecule has 0 aliphatic heterocycles. The van der Waals surface area contributed by atoms with Gasteiger partial charge in [0.05, 0.1) is 17.4 Å². The minimum absolute atomic E-state index is 0. The molecule has 0 spiro atoms. The normalized spacial score (nSPS) is 13.3. The number of imidazole rings is 1. The number of aromatic amines is 1. The molecule has 0 atom stereocenters. The smallest absolute Gasteiger partial charge is 0.275 e. The molecule has 31 heavy (non-hydrogen) atoms.